The lowest BCUT2D eigenvalue weighted by atomic mass is 9.86. The summed E-state index contributed by atoms with van der Waals surface area (Å²) in [5.41, 5.74) is 1.93. The molecule has 0 radical (unpaired) electrons. The van der Waals surface area contributed by atoms with E-state index in [1.165, 1.54) is 17.0 Å². The number of nitro benzene ring substituents is 1. The van der Waals surface area contributed by atoms with Crippen LogP contribution in [0.15, 0.2) is 60.7 Å². The number of amides is 3. The lowest BCUT2D eigenvalue weighted by Crippen LogP contribution is -2.67. The van der Waals surface area contributed by atoms with Crippen molar-refractivity contribution in [1.82, 2.24) is 4.90 Å². The lowest BCUT2D eigenvalue weighted by Gasteiger charge is -2.49. The Balaban J connectivity index is 1.58. The summed E-state index contributed by atoms with van der Waals surface area (Å²) in [6.07, 6.45) is 0. The van der Waals surface area contributed by atoms with Crippen molar-refractivity contribution >= 4 is 29.1 Å². The van der Waals surface area contributed by atoms with Gasteiger partial charge in [-0.25, -0.2) is 4.39 Å². The van der Waals surface area contributed by atoms with E-state index < -0.39 is 40.5 Å². The summed E-state index contributed by atoms with van der Waals surface area (Å²) in [5.74, 6) is -2.49. The molecular formula is C25H18FN3O5. The van der Waals surface area contributed by atoms with Crippen LogP contribution in [0.1, 0.15) is 43.4 Å². The van der Waals surface area contributed by atoms with Crippen LogP contribution in [0.25, 0.3) is 0 Å². The molecule has 0 bridgehead atoms. The molecule has 1 fully saturated rings. The zero-order chi connectivity index (χ0) is 24.3. The Labute approximate surface area is 193 Å². The van der Waals surface area contributed by atoms with Crippen molar-refractivity contribution in [2.45, 2.75) is 25.9 Å². The Morgan fingerprint density at radius 3 is 2.15 bits per heavy atom. The average molecular weight is 459 g/mol. The van der Waals surface area contributed by atoms with E-state index in [1.54, 1.807) is 31.2 Å². The number of fused-ring (bicyclic) bond motifs is 1. The smallest absolute Gasteiger partial charge is 0.270 e. The van der Waals surface area contributed by atoms with Crippen LogP contribution >= 0.6 is 0 Å². The summed E-state index contributed by atoms with van der Waals surface area (Å²) in [5, 5.41) is 11.1. The zero-order valence-electron chi connectivity index (χ0n) is 18.2. The van der Waals surface area contributed by atoms with Gasteiger partial charge in [0.05, 0.1) is 22.1 Å². The summed E-state index contributed by atoms with van der Waals surface area (Å²) >= 11 is 0. The maximum atomic E-state index is 14.3. The van der Waals surface area contributed by atoms with Gasteiger partial charge >= 0.3 is 0 Å². The molecular weight excluding hydrogens is 441 g/mol. The van der Waals surface area contributed by atoms with E-state index >= 15 is 0 Å². The van der Waals surface area contributed by atoms with Crippen LogP contribution in [-0.2, 0) is 4.79 Å². The fraction of sp³-hybridized carbons (Fsp3) is 0.160. The highest BCUT2D eigenvalue weighted by Crippen LogP contribution is 2.44. The van der Waals surface area contributed by atoms with E-state index in [9.17, 15) is 28.9 Å². The molecule has 2 atom stereocenters. The average Bonchev–Trinajstić information content (AvgIpc) is 3.05. The first kappa shape index (κ1) is 21.4. The molecule has 34 heavy (non-hydrogen) atoms. The largest absolute Gasteiger partial charge is 0.300 e. The molecule has 0 aliphatic carbocycles. The third kappa shape index (κ3) is 3.08. The molecule has 2 unspecified atom stereocenters. The van der Waals surface area contributed by atoms with Crippen LogP contribution in [0, 0.1) is 29.8 Å². The van der Waals surface area contributed by atoms with Crippen molar-refractivity contribution in [2.75, 3.05) is 4.90 Å². The summed E-state index contributed by atoms with van der Waals surface area (Å²) in [6, 6.07) is 13.2. The molecule has 0 saturated carbocycles. The first-order valence-corrected chi connectivity index (χ1v) is 10.5. The molecule has 5 rings (SSSR count). The Hall–Kier alpha value is -4.40. The van der Waals surface area contributed by atoms with Gasteiger partial charge in [0.25, 0.3) is 23.4 Å². The number of hydrogen-bond donors (Lipinski definition) is 0. The number of nitrogens with zero attached hydrogens (tertiary/aromatic N) is 3. The Morgan fingerprint density at radius 2 is 1.50 bits per heavy atom. The van der Waals surface area contributed by atoms with Gasteiger partial charge in [-0.3, -0.25) is 29.4 Å². The first-order valence-electron chi connectivity index (χ1n) is 10.5. The summed E-state index contributed by atoms with van der Waals surface area (Å²) in [4.78, 5) is 52.4. The second-order valence-corrected chi connectivity index (χ2v) is 8.41. The third-order valence-electron chi connectivity index (χ3n) is 6.31. The normalized spacial score (nSPS) is 19.3. The number of halogens is 1. The zero-order valence-corrected chi connectivity index (χ0v) is 18.2. The highest BCUT2D eigenvalue weighted by molar-refractivity contribution is 6.25. The van der Waals surface area contributed by atoms with Gasteiger partial charge in [-0.2, -0.15) is 0 Å². The van der Waals surface area contributed by atoms with Gasteiger partial charge in [0.15, 0.2) is 0 Å². The number of non-ortho nitro benzene ring substituents is 1. The highest BCUT2D eigenvalue weighted by atomic mass is 19.1. The number of carbonyl (C=O) groups excluding carboxylic acids is 3. The van der Waals surface area contributed by atoms with E-state index in [0.29, 0.717) is 16.8 Å². The van der Waals surface area contributed by atoms with Crippen molar-refractivity contribution in [2.24, 2.45) is 0 Å². The van der Waals surface area contributed by atoms with E-state index in [1.807, 2.05) is 19.1 Å². The topological polar surface area (TPSA) is 101 Å². The van der Waals surface area contributed by atoms with Gasteiger partial charge in [0.2, 0.25) is 0 Å². The summed E-state index contributed by atoms with van der Waals surface area (Å²) < 4.78 is 14.3. The minimum atomic E-state index is -1.17. The predicted octanol–water partition coefficient (Wildman–Crippen LogP) is 4.10. The highest BCUT2D eigenvalue weighted by Gasteiger charge is 2.57. The van der Waals surface area contributed by atoms with Crippen molar-refractivity contribution < 1.29 is 23.7 Å². The quantitative estimate of drug-likeness (QED) is 0.253. The van der Waals surface area contributed by atoms with Crippen molar-refractivity contribution in [3.05, 3.63) is 104 Å². The van der Waals surface area contributed by atoms with Gasteiger partial charge < -0.3 is 4.90 Å². The fourth-order valence-corrected chi connectivity index (χ4v) is 4.45. The Bertz CT molecular complexity index is 1400. The van der Waals surface area contributed by atoms with E-state index in [2.05, 4.69) is 0 Å². The van der Waals surface area contributed by atoms with Crippen LogP contribution < -0.4 is 4.90 Å². The molecule has 3 aromatic rings. The number of anilines is 1. The number of rotatable bonds is 4. The maximum Gasteiger partial charge on any atom is 0.270 e. The minimum Gasteiger partial charge on any atom is -0.300 e. The van der Waals surface area contributed by atoms with Gasteiger partial charge in [-0.1, -0.05) is 35.9 Å². The molecule has 3 amide bonds. The molecule has 2 heterocycles. The molecule has 1 saturated heterocycles. The van der Waals surface area contributed by atoms with Crippen LogP contribution in [0.4, 0.5) is 15.8 Å². The molecule has 0 aromatic heterocycles. The standard InChI is InChI=1S/C25H18FN3O5/c1-13-3-6-15(7-4-13)21-22(25(32)27(21)16-8-5-14(2)20(26)12-16)28-23(30)18-10-9-17(29(33)34)11-19(18)24(28)31/h3-12,21-22H,1-2H3. The van der Waals surface area contributed by atoms with E-state index in [4.69, 9.17) is 0 Å². The number of hydrogen-bond acceptors (Lipinski definition) is 5. The molecule has 3 aromatic carbocycles. The molecule has 2 aliphatic heterocycles. The van der Waals surface area contributed by atoms with Crippen molar-refractivity contribution in [1.29, 1.82) is 0 Å². The van der Waals surface area contributed by atoms with Gasteiger partial charge in [-0.05, 0) is 43.2 Å². The van der Waals surface area contributed by atoms with Gasteiger partial charge in [0, 0.05) is 17.8 Å². The molecule has 9 heteroatoms. The molecule has 8 nitrogen and oxygen atoms in total. The van der Waals surface area contributed by atoms with E-state index in [-0.39, 0.29) is 16.8 Å². The fourth-order valence-electron chi connectivity index (χ4n) is 4.45. The summed E-state index contributed by atoms with van der Waals surface area (Å²) in [6.45, 7) is 3.51. The molecule has 170 valence electrons. The van der Waals surface area contributed by atoms with Crippen LogP contribution in [0.2, 0.25) is 0 Å². The second kappa shape index (κ2) is 7.58. The second-order valence-electron chi connectivity index (χ2n) is 8.41. The summed E-state index contributed by atoms with van der Waals surface area (Å²) in [7, 11) is 0. The number of nitro groups is 1. The minimum absolute atomic E-state index is 0.00545. The number of β-lactam (4-membered cyclic amide) rings is 1. The van der Waals surface area contributed by atoms with Gasteiger partial charge in [0.1, 0.15) is 11.9 Å². The number of benzene rings is 3. The van der Waals surface area contributed by atoms with Gasteiger partial charge in [-0.15, -0.1) is 0 Å². The Morgan fingerprint density at radius 1 is 0.824 bits per heavy atom. The van der Waals surface area contributed by atoms with Crippen LogP contribution in [0.5, 0.6) is 0 Å². The number of carbonyl (C=O) groups is 3. The molecule has 0 spiro atoms. The maximum absolute atomic E-state index is 14.3. The van der Waals surface area contributed by atoms with Crippen LogP contribution in [-0.4, -0.2) is 33.6 Å². The third-order valence-corrected chi connectivity index (χ3v) is 6.31. The first-order chi connectivity index (χ1) is 16.2. The van der Waals surface area contributed by atoms with E-state index in [0.717, 1.165) is 22.6 Å². The Kier molecular flexibility index (Phi) is 4.78. The monoisotopic (exact) mass is 459 g/mol. The SMILES string of the molecule is Cc1ccc(C2C(N3C(=O)c4ccc([N+](=O)[O-])cc4C3=O)C(=O)N2c2ccc(C)c(F)c2)cc1. The molecule has 2 aliphatic rings. The van der Waals surface area contributed by atoms with Crippen LogP contribution in [0.3, 0.4) is 0 Å². The molecule has 0 N–H and O–H groups in total. The van der Waals surface area contributed by atoms with Crippen molar-refractivity contribution in [3.63, 3.8) is 0 Å². The number of imide groups is 1. The van der Waals surface area contributed by atoms with Crippen molar-refractivity contribution in [3.8, 4) is 0 Å². The predicted molar refractivity (Wildman–Crippen MR) is 120 cm³/mol. The number of aryl methyl sites for hydroxylation is 2. The lowest BCUT2D eigenvalue weighted by molar-refractivity contribution is -0.384.